The van der Waals surface area contributed by atoms with Crippen LogP contribution in [-0.4, -0.2) is 46.0 Å². The summed E-state index contributed by atoms with van der Waals surface area (Å²) in [5, 5.41) is 6.30. The molecule has 7 nitrogen and oxygen atoms in total. The first kappa shape index (κ1) is 14.4. The van der Waals surface area contributed by atoms with Crippen LogP contribution in [0, 0.1) is 0 Å². The normalized spacial score (nSPS) is 20.1. The van der Waals surface area contributed by atoms with E-state index in [2.05, 4.69) is 20.2 Å². The van der Waals surface area contributed by atoms with E-state index in [0.29, 0.717) is 13.1 Å². The van der Waals surface area contributed by atoms with Crippen LogP contribution in [0.15, 0.2) is 41.6 Å². The summed E-state index contributed by atoms with van der Waals surface area (Å²) in [7, 11) is -3.49. The molecule has 1 saturated heterocycles. The van der Waals surface area contributed by atoms with Gasteiger partial charge in [-0.1, -0.05) is 12.1 Å². The zero-order valence-electron chi connectivity index (χ0n) is 12.4. The number of hydrogen-bond acceptors (Lipinski definition) is 4. The SMILES string of the molecule is O=S(=O)(c1cn[nH]c1)N1CCCC(c2nc3ccccc3[nH]2)C1. The minimum atomic E-state index is -3.49. The number of para-hydroxylation sites is 2. The number of piperidine rings is 1. The van der Waals surface area contributed by atoms with Gasteiger partial charge in [0.05, 0.1) is 17.2 Å². The number of imidazole rings is 1. The molecule has 4 rings (SSSR count). The first-order chi connectivity index (χ1) is 11.1. The fourth-order valence-electron chi connectivity index (χ4n) is 3.08. The molecular formula is C15H17N5O2S. The molecule has 1 unspecified atom stereocenters. The van der Waals surface area contributed by atoms with Crippen LogP contribution in [0.5, 0.6) is 0 Å². The zero-order valence-corrected chi connectivity index (χ0v) is 13.3. The summed E-state index contributed by atoms with van der Waals surface area (Å²) >= 11 is 0. The molecule has 2 aromatic heterocycles. The fraction of sp³-hybridized carbons (Fsp3) is 0.333. The summed E-state index contributed by atoms with van der Waals surface area (Å²) in [6.07, 6.45) is 4.51. The Morgan fingerprint density at radius 1 is 1.26 bits per heavy atom. The number of nitrogens with zero attached hydrogens (tertiary/aromatic N) is 3. The Bertz CT molecular complexity index is 883. The van der Waals surface area contributed by atoms with Crippen molar-refractivity contribution in [2.75, 3.05) is 13.1 Å². The maximum absolute atomic E-state index is 12.6. The molecule has 3 aromatic rings. The Morgan fingerprint density at radius 2 is 2.13 bits per heavy atom. The molecule has 8 heteroatoms. The minimum Gasteiger partial charge on any atom is -0.342 e. The minimum absolute atomic E-state index is 0.0813. The number of aromatic amines is 2. The van der Waals surface area contributed by atoms with Crippen LogP contribution in [0.3, 0.4) is 0 Å². The number of benzene rings is 1. The third kappa shape index (κ3) is 2.53. The predicted molar refractivity (Wildman–Crippen MR) is 85.4 cm³/mol. The first-order valence-electron chi connectivity index (χ1n) is 7.58. The molecule has 1 aliphatic rings. The van der Waals surface area contributed by atoms with Gasteiger partial charge in [-0.25, -0.2) is 13.4 Å². The van der Waals surface area contributed by atoms with Gasteiger partial charge in [0.15, 0.2) is 0 Å². The van der Waals surface area contributed by atoms with E-state index in [1.807, 2.05) is 24.3 Å². The third-order valence-corrected chi connectivity index (χ3v) is 6.12. The van der Waals surface area contributed by atoms with Crippen molar-refractivity contribution in [1.29, 1.82) is 0 Å². The highest BCUT2D eigenvalue weighted by Crippen LogP contribution is 2.29. The summed E-state index contributed by atoms with van der Waals surface area (Å²) in [6.45, 7) is 0.970. The van der Waals surface area contributed by atoms with Crippen LogP contribution >= 0.6 is 0 Å². The van der Waals surface area contributed by atoms with E-state index in [0.717, 1.165) is 29.7 Å². The maximum atomic E-state index is 12.6. The van der Waals surface area contributed by atoms with Crippen molar-refractivity contribution in [1.82, 2.24) is 24.5 Å². The van der Waals surface area contributed by atoms with Gasteiger partial charge in [-0.2, -0.15) is 9.40 Å². The number of sulfonamides is 1. The lowest BCUT2D eigenvalue weighted by atomic mass is 9.99. The second kappa shape index (κ2) is 5.47. The monoisotopic (exact) mass is 331 g/mol. The van der Waals surface area contributed by atoms with Crippen molar-refractivity contribution in [3.63, 3.8) is 0 Å². The molecule has 1 aromatic carbocycles. The summed E-state index contributed by atoms with van der Waals surface area (Å²) in [5.74, 6) is 0.941. The first-order valence-corrected chi connectivity index (χ1v) is 9.02. The quantitative estimate of drug-likeness (QED) is 0.766. The van der Waals surface area contributed by atoms with Crippen molar-refractivity contribution in [3.05, 3.63) is 42.5 Å². The summed E-state index contributed by atoms with van der Waals surface area (Å²) in [5.41, 5.74) is 1.90. The van der Waals surface area contributed by atoms with Crippen LogP contribution in [0.4, 0.5) is 0 Å². The third-order valence-electron chi connectivity index (χ3n) is 4.29. The second-order valence-corrected chi connectivity index (χ2v) is 7.71. The van der Waals surface area contributed by atoms with Crippen molar-refractivity contribution in [2.24, 2.45) is 0 Å². The number of H-pyrrole nitrogens is 2. The molecule has 1 fully saturated rings. The molecule has 0 saturated carbocycles. The molecule has 3 heterocycles. The molecule has 1 atom stereocenters. The van der Waals surface area contributed by atoms with Gasteiger partial charge in [-0.15, -0.1) is 0 Å². The standard InChI is InChI=1S/C15H17N5O2S/c21-23(22,12-8-16-17-9-12)20-7-3-4-11(10-20)15-18-13-5-1-2-6-14(13)19-15/h1-2,5-6,8-9,11H,3-4,7,10H2,(H,16,17)(H,18,19). The highest BCUT2D eigenvalue weighted by molar-refractivity contribution is 7.89. The Kier molecular flexibility index (Phi) is 3.42. The van der Waals surface area contributed by atoms with Gasteiger partial charge >= 0.3 is 0 Å². The Hall–Kier alpha value is -2.19. The lowest BCUT2D eigenvalue weighted by Gasteiger charge is -2.30. The van der Waals surface area contributed by atoms with E-state index in [9.17, 15) is 8.42 Å². The fourth-order valence-corrected chi connectivity index (χ4v) is 4.51. The molecule has 0 radical (unpaired) electrons. The summed E-state index contributed by atoms with van der Waals surface area (Å²) < 4.78 is 26.8. The van der Waals surface area contributed by atoms with Gasteiger partial charge in [-0.3, -0.25) is 5.10 Å². The Labute approximate surface area is 133 Å². The Balaban J connectivity index is 1.62. The number of nitrogens with one attached hydrogen (secondary N) is 2. The van der Waals surface area contributed by atoms with Crippen molar-refractivity contribution < 1.29 is 8.42 Å². The highest BCUT2D eigenvalue weighted by Gasteiger charge is 2.32. The van der Waals surface area contributed by atoms with Gasteiger partial charge < -0.3 is 4.98 Å². The molecular weight excluding hydrogens is 314 g/mol. The van der Waals surface area contributed by atoms with Gasteiger partial charge in [0, 0.05) is 25.2 Å². The van der Waals surface area contributed by atoms with Crippen molar-refractivity contribution in [3.8, 4) is 0 Å². The van der Waals surface area contributed by atoms with Crippen molar-refractivity contribution in [2.45, 2.75) is 23.7 Å². The number of hydrogen-bond donors (Lipinski definition) is 2. The molecule has 0 amide bonds. The topological polar surface area (TPSA) is 94.7 Å². The zero-order chi connectivity index (χ0) is 15.9. The van der Waals surface area contributed by atoms with Gasteiger partial charge in [0.1, 0.15) is 10.7 Å². The van der Waals surface area contributed by atoms with E-state index in [-0.39, 0.29) is 10.8 Å². The van der Waals surface area contributed by atoms with E-state index >= 15 is 0 Å². The van der Waals surface area contributed by atoms with Crippen LogP contribution in [0.25, 0.3) is 11.0 Å². The predicted octanol–water partition coefficient (Wildman–Crippen LogP) is 1.85. The average Bonchev–Trinajstić information content (AvgIpc) is 3.24. The van der Waals surface area contributed by atoms with Crippen molar-refractivity contribution >= 4 is 21.1 Å². The summed E-state index contributed by atoms with van der Waals surface area (Å²) in [4.78, 5) is 8.15. The van der Waals surface area contributed by atoms with E-state index in [1.54, 1.807) is 0 Å². The van der Waals surface area contributed by atoms with E-state index in [1.165, 1.54) is 16.7 Å². The molecule has 0 bridgehead atoms. The molecule has 23 heavy (non-hydrogen) atoms. The van der Waals surface area contributed by atoms with Gasteiger partial charge in [0.2, 0.25) is 10.0 Å². The lowest BCUT2D eigenvalue weighted by Crippen LogP contribution is -2.39. The smallest absolute Gasteiger partial charge is 0.246 e. The van der Waals surface area contributed by atoms with Crippen LogP contribution in [-0.2, 0) is 10.0 Å². The number of aromatic nitrogens is 4. The summed E-state index contributed by atoms with van der Waals surface area (Å²) in [6, 6.07) is 7.84. The molecule has 0 aliphatic carbocycles. The van der Waals surface area contributed by atoms with E-state index < -0.39 is 10.0 Å². The largest absolute Gasteiger partial charge is 0.342 e. The number of fused-ring (bicyclic) bond motifs is 1. The van der Waals surface area contributed by atoms with E-state index in [4.69, 9.17) is 0 Å². The molecule has 0 spiro atoms. The van der Waals surface area contributed by atoms with Gasteiger partial charge in [-0.05, 0) is 25.0 Å². The highest BCUT2D eigenvalue weighted by atomic mass is 32.2. The lowest BCUT2D eigenvalue weighted by molar-refractivity contribution is 0.310. The second-order valence-electron chi connectivity index (χ2n) is 5.78. The average molecular weight is 331 g/mol. The van der Waals surface area contributed by atoms with Crippen LogP contribution in [0.1, 0.15) is 24.6 Å². The number of rotatable bonds is 3. The van der Waals surface area contributed by atoms with Gasteiger partial charge in [0.25, 0.3) is 0 Å². The molecule has 120 valence electrons. The molecule has 1 aliphatic heterocycles. The van der Waals surface area contributed by atoms with Crippen LogP contribution in [0.2, 0.25) is 0 Å². The van der Waals surface area contributed by atoms with Crippen LogP contribution < -0.4 is 0 Å². The molecule has 2 N–H and O–H groups in total. The maximum Gasteiger partial charge on any atom is 0.246 e. The Morgan fingerprint density at radius 3 is 2.91 bits per heavy atom.